The first-order valence-corrected chi connectivity index (χ1v) is 13.0. The van der Waals surface area contributed by atoms with Gasteiger partial charge in [0.1, 0.15) is 28.7 Å². The van der Waals surface area contributed by atoms with Crippen molar-refractivity contribution in [2.75, 3.05) is 52.4 Å². The standard InChI is InChI=1S/C29H33N5O5/c1-33-27-7-6-21(18-25(27)32-29(33)31-20-15-23(36-2)17-24(16-20)37-3)39-22-8-9-30-26(19-22)28(35)5-4-10-34-11-13-38-14-12-34/h6-9,15-19H,4-5,10-14H2,1-3H3,(H,31,32). The average Bonchev–Trinajstić information content (AvgIpc) is 3.27. The van der Waals surface area contributed by atoms with Crippen molar-refractivity contribution in [2.24, 2.45) is 7.05 Å². The molecule has 0 radical (unpaired) electrons. The van der Waals surface area contributed by atoms with Gasteiger partial charge in [0.15, 0.2) is 5.78 Å². The van der Waals surface area contributed by atoms with E-state index in [0.717, 1.165) is 56.0 Å². The third kappa shape index (κ3) is 6.47. The number of hydrogen-bond donors (Lipinski definition) is 1. The highest BCUT2D eigenvalue weighted by atomic mass is 16.5. The van der Waals surface area contributed by atoms with E-state index in [0.29, 0.717) is 41.1 Å². The van der Waals surface area contributed by atoms with Gasteiger partial charge in [-0.15, -0.1) is 0 Å². The largest absolute Gasteiger partial charge is 0.497 e. The zero-order valence-electron chi connectivity index (χ0n) is 22.5. The lowest BCUT2D eigenvalue weighted by Gasteiger charge is -2.26. The maximum absolute atomic E-state index is 12.7. The highest BCUT2D eigenvalue weighted by Gasteiger charge is 2.14. The molecular formula is C29H33N5O5. The number of ketones is 1. The van der Waals surface area contributed by atoms with Crippen molar-refractivity contribution in [3.8, 4) is 23.0 Å². The molecule has 0 spiro atoms. The highest BCUT2D eigenvalue weighted by molar-refractivity contribution is 5.94. The minimum Gasteiger partial charge on any atom is -0.497 e. The maximum Gasteiger partial charge on any atom is 0.208 e. The Morgan fingerprint density at radius 3 is 2.46 bits per heavy atom. The molecule has 0 aliphatic carbocycles. The number of benzene rings is 2. The number of carbonyl (C=O) groups is 1. The Kier molecular flexibility index (Phi) is 8.24. The molecular weight excluding hydrogens is 498 g/mol. The molecule has 2 aromatic heterocycles. The van der Waals surface area contributed by atoms with Crippen LogP contribution in [0.25, 0.3) is 11.0 Å². The molecule has 4 aromatic rings. The lowest BCUT2D eigenvalue weighted by atomic mass is 10.1. The predicted molar refractivity (Wildman–Crippen MR) is 149 cm³/mol. The topological polar surface area (TPSA) is 100.0 Å². The van der Waals surface area contributed by atoms with Crippen molar-refractivity contribution in [3.63, 3.8) is 0 Å². The van der Waals surface area contributed by atoms with Crippen LogP contribution in [-0.2, 0) is 11.8 Å². The smallest absolute Gasteiger partial charge is 0.208 e. The SMILES string of the molecule is COc1cc(Nc2nc3cc(Oc4ccnc(C(=O)CCCN5CCOCC5)c4)ccc3n2C)cc(OC)c1. The fourth-order valence-corrected chi connectivity index (χ4v) is 4.54. The number of morpholine rings is 1. The number of methoxy groups -OCH3 is 2. The number of nitrogens with zero attached hydrogens (tertiary/aromatic N) is 4. The van der Waals surface area contributed by atoms with Gasteiger partial charge in [-0.05, 0) is 31.2 Å². The van der Waals surface area contributed by atoms with Gasteiger partial charge in [0.2, 0.25) is 5.95 Å². The van der Waals surface area contributed by atoms with Gasteiger partial charge in [0.05, 0.1) is 38.5 Å². The number of imidazole rings is 1. The first-order valence-electron chi connectivity index (χ1n) is 13.0. The number of fused-ring (bicyclic) bond motifs is 1. The molecule has 39 heavy (non-hydrogen) atoms. The summed E-state index contributed by atoms with van der Waals surface area (Å²) in [6, 6.07) is 14.7. The van der Waals surface area contributed by atoms with Crippen LogP contribution in [0.3, 0.4) is 0 Å². The van der Waals surface area contributed by atoms with Crippen LogP contribution < -0.4 is 19.5 Å². The van der Waals surface area contributed by atoms with Crippen LogP contribution >= 0.6 is 0 Å². The van der Waals surface area contributed by atoms with Crippen molar-refractivity contribution >= 4 is 28.5 Å². The Bertz CT molecular complexity index is 1430. The minimum absolute atomic E-state index is 0.0128. The van der Waals surface area contributed by atoms with E-state index in [2.05, 4.69) is 15.2 Å². The third-order valence-corrected chi connectivity index (χ3v) is 6.69. The van der Waals surface area contributed by atoms with Crippen LogP contribution in [0, 0.1) is 0 Å². The van der Waals surface area contributed by atoms with E-state index in [1.165, 1.54) is 0 Å². The Labute approximate surface area is 227 Å². The Hall–Kier alpha value is -4.15. The summed E-state index contributed by atoms with van der Waals surface area (Å²) in [5, 5.41) is 3.33. The first-order chi connectivity index (χ1) is 19.0. The van der Waals surface area contributed by atoms with Crippen molar-refractivity contribution in [3.05, 3.63) is 60.4 Å². The molecule has 1 N–H and O–H groups in total. The number of hydrogen-bond acceptors (Lipinski definition) is 9. The molecule has 5 rings (SSSR count). The molecule has 0 amide bonds. The normalized spacial score (nSPS) is 13.8. The van der Waals surface area contributed by atoms with Gasteiger partial charge in [-0.1, -0.05) is 0 Å². The van der Waals surface area contributed by atoms with E-state index in [1.54, 1.807) is 32.5 Å². The second kappa shape index (κ2) is 12.1. The number of anilines is 2. The number of rotatable bonds is 11. The van der Waals surface area contributed by atoms with Crippen molar-refractivity contribution < 1.29 is 23.7 Å². The van der Waals surface area contributed by atoms with Crippen molar-refractivity contribution in [1.29, 1.82) is 0 Å². The summed E-state index contributed by atoms with van der Waals surface area (Å²) in [4.78, 5) is 24.1. The minimum atomic E-state index is 0.0128. The second-order valence-corrected chi connectivity index (χ2v) is 9.33. The summed E-state index contributed by atoms with van der Waals surface area (Å²) in [5.41, 5.74) is 2.90. The van der Waals surface area contributed by atoms with E-state index in [-0.39, 0.29) is 5.78 Å². The molecule has 10 nitrogen and oxygen atoms in total. The van der Waals surface area contributed by atoms with Gasteiger partial charge >= 0.3 is 0 Å². The third-order valence-electron chi connectivity index (χ3n) is 6.69. The zero-order valence-corrected chi connectivity index (χ0v) is 22.5. The molecule has 0 atom stereocenters. The molecule has 2 aromatic carbocycles. The van der Waals surface area contributed by atoms with Crippen LogP contribution in [0.1, 0.15) is 23.3 Å². The van der Waals surface area contributed by atoms with Crippen LogP contribution in [0.15, 0.2) is 54.7 Å². The molecule has 0 saturated carbocycles. The number of pyridine rings is 1. The van der Waals surface area contributed by atoms with Gasteiger partial charge < -0.3 is 28.8 Å². The molecule has 204 valence electrons. The Morgan fingerprint density at radius 1 is 0.974 bits per heavy atom. The summed E-state index contributed by atoms with van der Waals surface area (Å²) in [6.45, 7) is 4.24. The first kappa shape index (κ1) is 26.5. The van der Waals surface area contributed by atoms with Crippen LogP contribution in [0.4, 0.5) is 11.6 Å². The highest BCUT2D eigenvalue weighted by Crippen LogP contribution is 2.31. The summed E-state index contributed by atoms with van der Waals surface area (Å²) in [6.07, 6.45) is 2.85. The van der Waals surface area contributed by atoms with Gasteiger partial charge in [-0.2, -0.15) is 0 Å². The molecule has 0 bridgehead atoms. The monoisotopic (exact) mass is 531 g/mol. The molecule has 1 saturated heterocycles. The number of aromatic nitrogens is 3. The molecule has 1 aliphatic rings. The fraction of sp³-hybridized carbons (Fsp3) is 0.345. The number of nitrogens with one attached hydrogen (secondary N) is 1. The lowest BCUT2D eigenvalue weighted by molar-refractivity contribution is 0.0371. The van der Waals surface area contributed by atoms with Crippen molar-refractivity contribution in [1.82, 2.24) is 19.4 Å². The van der Waals surface area contributed by atoms with E-state index in [4.69, 9.17) is 23.9 Å². The molecule has 10 heteroatoms. The lowest BCUT2D eigenvalue weighted by Crippen LogP contribution is -2.36. The summed E-state index contributed by atoms with van der Waals surface area (Å²) < 4.78 is 24.2. The number of carbonyl (C=O) groups excluding carboxylic acids is 1. The Morgan fingerprint density at radius 2 is 1.72 bits per heavy atom. The Balaban J connectivity index is 1.26. The predicted octanol–water partition coefficient (Wildman–Crippen LogP) is 4.82. The van der Waals surface area contributed by atoms with Crippen LogP contribution in [-0.4, -0.2) is 72.3 Å². The molecule has 1 fully saturated rings. The van der Waals surface area contributed by atoms with E-state index in [9.17, 15) is 4.79 Å². The fourth-order valence-electron chi connectivity index (χ4n) is 4.54. The van der Waals surface area contributed by atoms with Gasteiger partial charge in [-0.3, -0.25) is 14.7 Å². The van der Waals surface area contributed by atoms with Crippen LogP contribution in [0.2, 0.25) is 0 Å². The maximum atomic E-state index is 12.7. The quantitative estimate of drug-likeness (QED) is 0.273. The van der Waals surface area contributed by atoms with Crippen molar-refractivity contribution in [2.45, 2.75) is 12.8 Å². The van der Waals surface area contributed by atoms with E-state index >= 15 is 0 Å². The number of aryl methyl sites for hydroxylation is 1. The molecule has 1 aliphatic heterocycles. The number of Topliss-reactive ketones (excluding diaryl/α,β-unsaturated/α-hetero) is 1. The van der Waals surface area contributed by atoms with Gasteiger partial charge in [0.25, 0.3) is 0 Å². The molecule has 3 heterocycles. The molecule has 0 unspecified atom stereocenters. The van der Waals surface area contributed by atoms with E-state index in [1.807, 2.05) is 48.0 Å². The average molecular weight is 532 g/mol. The number of ether oxygens (including phenoxy) is 4. The van der Waals surface area contributed by atoms with E-state index < -0.39 is 0 Å². The second-order valence-electron chi connectivity index (χ2n) is 9.33. The summed E-state index contributed by atoms with van der Waals surface area (Å²) >= 11 is 0. The zero-order chi connectivity index (χ0) is 27.2. The van der Waals surface area contributed by atoms with Gasteiger partial charge in [0, 0.05) is 68.8 Å². The van der Waals surface area contributed by atoms with Gasteiger partial charge in [-0.25, -0.2) is 4.98 Å². The summed E-state index contributed by atoms with van der Waals surface area (Å²) in [7, 11) is 5.17. The summed E-state index contributed by atoms with van der Waals surface area (Å²) in [5.74, 6) is 3.20. The van der Waals surface area contributed by atoms with Crippen LogP contribution in [0.5, 0.6) is 23.0 Å².